The smallest absolute Gasteiger partial charge is 0.261 e. The molecule has 0 unspecified atom stereocenters. The van der Waals surface area contributed by atoms with E-state index in [1.165, 1.54) is 12.1 Å². The van der Waals surface area contributed by atoms with Crippen LogP contribution in [0.2, 0.25) is 0 Å². The molecule has 3 aromatic rings. The Balaban J connectivity index is 1.56. The monoisotopic (exact) mass is 436 g/mol. The number of hydrogen-bond acceptors (Lipinski definition) is 4. The standard InChI is InChI=1S/C24H24N2O4S/c1-17-6-3-4-8-22(17)25-31(28,29)21-12-9-18(10-13-21)24(27)26-15-5-7-19-16-20(30-2)11-14-23(19)26/h3-4,6,8-14,16,25H,5,7,15H2,1-2H3. The Morgan fingerprint density at radius 1 is 1.03 bits per heavy atom. The fourth-order valence-electron chi connectivity index (χ4n) is 3.74. The average Bonchev–Trinajstić information content (AvgIpc) is 2.79. The van der Waals surface area contributed by atoms with E-state index in [4.69, 9.17) is 4.74 Å². The van der Waals surface area contributed by atoms with E-state index in [1.807, 2.05) is 37.3 Å². The number of rotatable bonds is 5. The highest BCUT2D eigenvalue weighted by molar-refractivity contribution is 7.92. The van der Waals surface area contributed by atoms with Gasteiger partial charge in [0.25, 0.3) is 15.9 Å². The van der Waals surface area contributed by atoms with Crippen LogP contribution in [0.25, 0.3) is 0 Å². The number of nitrogens with one attached hydrogen (secondary N) is 1. The summed E-state index contributed by atoms with van der Waals surface area (Å²) >= 11 is 0. The summed E-state index contributed by atoms with van der Waals surface area (Å²) < 4.78 is 33.4. The van der Waals surface area contributed by atoms with E-state index in [1.54, 1.807) is 36.3 Å². The van der Waals surface area contributed by atoms with Gasteiger partial charge in [0.1, 0.15) is 5.75 Å². The molecule has 31 heavy (non-hydrogen) atoms. The number of aryl methyl sites for hydroxylation is 2. The number of amides is 1. The van der Waals surface area contributed by atoms with Gasteiger partial charge in [-0.05, 0) is 79.4 Å². The van der Waals surface area contributed by atoms with Crippen LogP contribution < -0.4 is 14.4 Å². The van der Waals surface area contributed by atoms with Crippen LogP contribution in [0, 0.1) is 6.92 Å². The molecule has 1 aliphatic rings. The van der Waals surface area contributed by atoms with E-state index < -0.39 is 10.0 Å². The number of carbonyl (C=O) groups is 1. The summed E-state index contributed by atoms with van der Waals surface area (Å²) in [5, 5.41) is 0. The molecule has 0 aromatic heterocycles. The maximum absolute atomic E-state index is 13.1. The molecule has 160 valence electrons. The fraction of sp³-hybridized carbons (Fsp3) is 0.208. The minimum Gasteiger partial charge on any atom is -0.497 e. The van der Waals surface area contributed by atoms with Gasteiger partial charge in [0.15, 0.2) is 0 Å². The van der Waals surface area contributed by atoms with Gasteiger partial charge >= 0.3 is 0 Å². The second-order valence-corrected chi connectivity index (χ2v) is 9.18. The first-order chi connectivity index (χ1) is 14.9. The Morgan fingerprint density at radius 2 is 1.77 bits per heavy atom. The molecule has 1 N–H and O–H groups in total. The lowest BCUT2D eigenvalue weighted by Crippen LogP contribution is -2.35. The van der Waals surface area contributed by atoms with E-state index in [9.17, 15) is 13.2 Å². The number of fused-ring (bicyclic) bond motifs is 1. The molecule has 0 aliphatic carbocycles. The van der Waals surface area contributed by atoms with Crippen molar-refractivity contribution in [2.45, 2.75) is 24.7 Å². The number of nitrogens with zero attached hydrogens (tertiary/aromatic N) is 1. The van der Waals surface area contributed by atoms with Crippen LogP contribution in [0.5, 0.6) is 5.75 Å². The molecule has 0 bridgehead atoms. The molecule has 0 saturated carbocycles. The van der Waals surface area contributed by atoms with Crippen LogP contribution in [0.15, 0.2) is 71.6 Å². The summed E-state index contributed by atoms with van der Waals surface area (Å²) in [5.74, 6) is 0.616. The van der Waals surface area contributed by atoms with Gasteiger partial charge in [0, 0.05) is 17.8 Å². The van der Waals surface area contributed by atoms with Crippen molar-refractivity contribution in [3.05, 3.63) is 83.4 Å². The van der Waals surface area contributed by atoms with E-state index in [0.717, 1.165) is 35.4 Å². The second-order valence-electron chi connectivity index (χ2n) is 7.50. The van der Waals surface area contributed by atoms with Gasteiger partial charge < -0.3 is 9.64 Å². The molecule has 1 heterocycles. The molecular weight excluding hydrogens is 412 g/mol. The predicted octanol–water partition coefficient (Wildman–Crippen LogP) is 4.40. The van der Waals surface area contributed by atoms with Crippen molar-refractivity contribution >= 4 is 27.3 Å². The van der Waals surface area contributed by atoms with Crippen molar-refractivity contribution < 1.29 is 17.9 Å². The van der Waals surface area contributed by atoms with Crippen LogP contribution in [0.4, 0.5) is 11.4 Å². The first-order valence-corrected chi connectivity index (χ1v) is 11.5. The number of sulfonamides is 1. The summed E-state index contributed by atoms with van der Waals surface area (Å²) in [6, 6.07) is 18.9. The maximum atomic E-state index is 13.1. The minimum atomic E-state index is -3.75. The zero-order chi connectivity index (χ0) is 22.0. The highest BCUT2D eigenvalue weighted by Gasteiger charge is 2.24. The lowest BCUT2D eigenvalue weighted by Gasteiger charge is -2.30. The van der Waals surface area contributed by atoms with Gasteiger partial charge in [0.2, 0.25) is 0 Å². The van der Waals surface area contributed by atoms with Crippen LogP contribution in [-0.2, 0) is 16.4 Å². The van der Waals surface area contributed by atoms with E-state index in [2.05, 4.69) is 4.72 Å². The number of para-hydroxylation sites is 1. The number of anilines is 2. The Kier molecular flexibility index (Phi) is 5.69. The van der Waals surface area contributed by atoms with E-state index in [-0.39, 0.29) is 10.8 Å². The predicted molar refractivity (Wildman–Crippen MR) is 121 cm³/mol. The molecule has 1 aliphatic heterocycles. The van der Waals surface area contributed by atoms with Crippen molar-refractivity contribution in [3.8, 4) is 5.75 Å². The molecule has 0 atom stereocenters. The number of benzene rings is 3. The zero-order valence-corrected chi connectivity index (χ0v) is 18.3. The van der Waals surface area contributed by atoms with Crippen molar-refractivity contribution in [3.63, 3.8) is 0 Å². The van der Waals surface area contributed by atoms with Crippen molar-refractivity contribution in [1.29, 1.82) is 0 Å². The summed E-state index contributed by atoms with van der Waals surface area (Å²) in [6.07, 6.45) is 1.75. The molecular formula is C24H24N2O4S. The van der Waals surface area contributed by atoms with Gasteiger partial charge in [-0.2, -0.15) is 0 Å². The third-order valence-corrected chi connectivity index (χ3v) is 6.83. The lowest BCUT2D eigenvalue weighted by atomic mass is 10.0. The van der Waals surface area contributed by atoms with Gasteiger partial charge in [0.05, 0.1) is 17.7 Å². The Morgan fingerprint density at radius 3 is 2.48 bits per heavy atom. The van der Waals surface area contributed by atoms with Crippen molar-refractivity contribution in [1.82, 2.24) is 0 Å². The lowest BCUT2D eigenvalue weighted by molar-refractivity contribution is 0.0985. The number of ether oxygens (including phenoxy) is 1. The first-order valence-electron chi connectivity index (χ1n) is 10.1. The van der Waals surface area contributed by atoms with Crippen LogP contribution in [0.3, 0.4) is 0 Å². The highest BCUT2D eigenvalue weighted by Crippen LogP contribution is 2.31. The molecule has 3 aromatic carbocycles. The van der Waals surface area contributed by atoms with Crippen LogP contribution in [0.1, 0.15) is 27.9 Å². The number of methoxy groups -OCH3 is 1. The third-order valence-electron chi connectivity index (χ3n) is 5.45. The largest absolute Gasteiger partial charge is 0.497 e. The molecule has 0 saturated heterocycles. The molecule has 1 amide bonds. The van der Waals surface area contributed by atoms with E-state index in [0.29, 0.717) is 17.8 Å². The molecule has 0 fully saturated rings. The topological polar surface area (TPSA) is 75.7 Å². The average molecular weight is 437 g/mol. The maximum Gasteiger partial charge on any atom is 0.261 e. The molecule has 4 rings (SSSR count). The van der Waals surface area contributed by atoms with Gasteiger partial charge in [-0.25, -0.2) is 8.42 Å². The molecule has 0 radical (unpaired) electrons. The minimum absolute atomic E-state index is 0.107. The molecule has 0 spiro atoms. The normalized spacial score (nSPS) is 13.4. The van der Waals surface area contributed by atoms with Crippen molar-refractivity contribution in [2.75, 3.05) is 23.3 Å². The third kappa shape index (κ3) is 4.27. The number of hydrogen-bond donors (Lipinski definition) is 1. The summed E-state index contributed by atoms with van der Waals surface area (Å²) in [6.45, 7) is 2.46. The van der Waals surface area contributed by atoms with Gasteiger partial charge in [-0.3, -0.25) is 9.52 Å². The number of carbonyl (C=O) groups excluding carboxylic acids is 1. The van der Waals surface area contributed by atoms with Crippen molar-refractivity contribution in [2.24, 2.45) is 0 Å². The SMILES string of the molecule is COc1ccc2c(c1)CCCN2C(=O)c1ccc(S(=O)(=O)Nc2ccccc2C)cc1. The fourth-order valence-corrected chi connectivity index (χ4v) is 4.87. The Hall–Kier alpha value is -3.32. The van der Waals surface area contributed by atoms with Gasteiger partial charge in [-0.1, -0.05) is 18.2 Å². The molecule has 6 nitrogen and oxygen atoms in total. The van der Waals surface area contributed by atoms with Crippen LogP contribution >= 0.6 is 0 Å². The summed E-state index contributed by atoms with van der Waals surface area (Å²) in [7, 11) is -2.13. The second kappa shape index (κ2) is 8.43. The summed E-state index contributed by atoms with van der Waals surface area (Å²) in [4.78, 5) is 15.0. The highest BCUT2D eigenvalue weighted by atomic mass is 32.2. The quantitative estimate of drug-likeness (QED) is 0.643. The van der Waals surface area contributed by atoms with Crippen LogP contribution in [-0.4, -0.2) is 28.0 Å². The zero-order valence-electron chi connectivity index (χ0n) is 17.5. The van der Waals surface area contributed by atoms with Gasteiger partial charge in [-0.15, -0.1) is 0 Å². The Bertz CT molecular complexity index is 1220. The molecule has 7 heteroatoms. The van der Waals surface area contributed by atoms with E-state index >= 15 is 0 Å². The first kappa shape index (κ1) is 20.9. The Labute approximate surface area is 182 Å². The summed E-state index contributed by atoms with van der Waals surface area (Å²) in [5.41, 5.74) is 3.75.